The molecule has 154 valence electrons. The number of fused-ring (bicyclic) bond motifs is 1. The van der Waals surface area contributed by atoms with Crippen LogP contribution in [0, 0.1) is 0 Å². The number of hydrogen-bond acceptors (Lipinski definition) is 3. The van der Waals surface area contributed by atoms with E-state index in [1.165, 1.54) is 0 Å². The molecule has 6 heteroatoms. The molecular weight excluding hydrogens is 431 g/mol. The summed E-state index contributed by atoms with van der Waals surface area (Å²) in [5.41, 5.74) is 4.66. The molecular formula is C25H18Cl2N2O2. The maximum Gasteiger partial charge on any atom is 0.271 e. The number of hydrazone groups is 1. The van der Waals surface area contributed by atoms with Gasteiger partial charge in [-0.05, 0) is 47.2 Å². The van der Waals surface area contributed by atoms with Gasteiger partial charge in [0.05, 0.1) is 6.21 Å². The zero-order chi connectivity index (χ0) is 21.6. The zero-order valence-electron chi connectivity index (χ0n) is 16.4. The number of ether oxygens (including phenoxy) is 1. The fourth-order valence-electron chi connectivity index (χ4n) is 3.07. The van der Waals surface area contributed by atoms with Crippen LogP contribution >= 0.6 is 23.2 Å². The SMILES string of the molecule is O=C(N/N=C\c1ccccc1OCc1ccc(Cl)cc1Cl)c1ccc2ccccc2c1. The van der Waals surface area contributed by atoms with Gasteiger partial charge < -0.3 is 4.74 Å². The lowest BCUT2D eigenvalue weighted by molar-refractivity contribution is 0.0955. The zero-order valence-corrected chi connectivity index (χ0v) is 17.9. The second-order valence-electron chi connectivity index (χ2n) is 6.82. The van der Waals surface area contributed by atoms with Gasteiger partial charge in [0.15, 0.2) is 0 Å². The van der Waals surface area contributed by atoms with E-state index in [0.717, 1.165) is 21.9 Å². The Morgan fingerprint density at radius 1 is 0.903 bits per heavy atom. The Kier molecular flexibility index (Phi) is 6.51. The normalized spacial score (nSPS) is 11.0. The second-order valence-corrected chi connectivity index (χ2v) is 7.67. The van der Waals surface area contributed by atoms with Gasteiger partial charge in [-0.25, -0.2) is 5.43 Å². The Labute approximate surface area is 190 Å². The van der Waals surface area contributed by atoms with E-state index in [-0.39, 0.29) is 12.5 Å². The summed E-state index contributed by atoms with van der Waals surface area (Å²) in [4.78, 5) is 12.5. The minimum Gasteiger partial charge on any atom is -0.488 e. The van der Waals surface area contributed by atoms with Crippen LogP contribution in [0.5, 0.6) is 5.75 Å². The molecule has 0 aliphatic carbocycles. The highest BCUT2D eigenvalue weighted by atomic mass is 35.5. The molecule has 0 aliphatic heterocycles. The second kappa shape index (κ2) is 9.65. The highest BCUT2D eigenvalue weighted by Gasteiger charge is 2.07. The first-order valence-corrected chi connectivity index (χ1v) is 10.3. The quantitative estimate of drug-likeness (QED) is 0.270. The van der Waals surface area contributed by atoms with Gasteiger partial charge in [0.25, 0.3) is 5.91 Å². The van der Waals surface area contributed by atoms with Gasteiger partial charge in [0.1, 0.15) is 12.4 Å². The van der Waals surface area contributed by atoms with Crippen LogP contribution in [0.15, 0.2) is 90.0 Å². The van der Waals surface area contributed by atoms with Crippen molar-refractivity contribution in [3.8, 4) is 5.75 Å². The largest absolute Gasteiger partial charge is 0.488 e. The van der Waals surface area contributed by atoms with Crippen molar-refractivity contribution < 1.29 is 9.53 Å². The first-order chi connectivity index (χ1) is 15.1. The molecule has 0 atom stereocenters. The molecule has 0 unspecified atom stereocenters. The number of nitrogens with zero attached hydrogens (tertiary/aromatic N) is 1. The summed E-state index contributed by atoms with van der Waals surface area (Å²) in [5, 5.41) is 7.29. The lowest BCUT2D eigenvalue weighted by Gasteiger charge is -2.10. The van der Waals surface area contributed by atoms with Crippen LogP contribution in [0.25, 0.3) is 10.8 Å². The fourth-order valence-corrected chi connectivity index (χ4v) is 3.53. The first kappa shape index (κ1) is 20.9. The maximum absolute atomic E-state index is 12.5. The summed E-state index contributed by atoms with van der Waals surface area (Å²) in [6.07, 6.45) is 1.55. The summed E-state index contributed by atoms with van der Waals surface area (Å²) in [6.45, 7) is 0.282. The smallest absolute Gasteiger partial charge is 0.271 e. The number of halogens is 2. The van der Waals surface area contributed by atoms with E-state index in [9.17, 15) is 4.79 Å². The van der Waals surface area contributed by atoms with Crippen molar-refractivity contribution in [2.75, 3.05) is 0 Å². The van der Waals surface area contributed by atoms with Crippen molar-refractivity contribution in [3.05, 3.63) is 112 Å². The number of benzene rings is 4. The lowest BCUT2D eigenvalue weighted by atomic mass is 10.1. The Hall–Kier alpha value is -3.34. The van der Waals surface area contributed by atoms with Crippen LogP contribution in [0.3, 0.4) is 0 Å². The van der Waals surface area contributed by atoms with Crippen LogP contribution < -0.4 is 10.2 Å². The van der Waals surface area contributed by atoms with Crippen molar-refractivity contribution in [3.63, 3.8) is 0 Å². The number of para-hydroxylation sites is 1. The number of carbonyl (C=O) groups excluding carboxylic acids is 1. The Morgan fingerprint density at radius 3 is 2.52 bits per heavy atom. The number of hydrogen-bond donors (Lipinski definition) is 1. The maximum atomic E-state index is 12.5. The van der Waals surface area contributed by atoms with Crippen molar-refractivity contribution >= 4 is 46.1 Å². The Bertz CT molecular complexity index is 1270. The van der Waals surface area contributed by atoms with Crippen LogP contribution in [-0.2, 0) is 6.61 Å². The molecule has 1 N–H and O–H groups in total. The molecule has 0 saturated heterocycles. The van der Waals surface area contributed by atoms with Gasteiger partial charge in [-0.3, -0.25) is 4.79 Å². The Balaban J connectivity index is 1.43. The topological polar surface area (TPSA) is 50.7 Å². The van der Waals surface area contributed by atoms with Crippen molar-refractivity contribution in [2.24, 2.45) is 5.10 Å². The van der Waals surface area contributed by atoms with Crippen LogP contribution in [0.1, 0.15) is 21.5 Å². The Morgan fingerprint density at radius 2 is 1.68 bits per heavy atom. The molecule has 1 amide bonds. The molecule has 0 aromatic heterocycles. The molecule has 0 bridgehead atoms. The molecule has 4 nitrogen and oxygen atoms in total. The third kappa shape index (κ3) is 5.23. The third-order valence-electron chi connectivity index (χ3n) is 4.70. The van der Waals surface area contributed by atoms with E-state index >= 15 is 0 Å². The van der Waals surface area contributed by atoms with E-state index in [1.807, 2.05) is 66.7 Å². The minimum absolute atomic E-state index is 0.282. The highest BCUT2D eigenvalue weighted by molar-refractivity contribution is 6.35. The molecule has 0 fully saturated rings. The van der Waals surface area contributed by atoms with Crippen molar-refractivity contribution in [1.82, 2.24) is 5.43 Å². The molecule has 31 heavy (non-hydrogen) atoms. The third-order valence-corrected chi connectivity index (χ3v) is 5.29. The van der Waals surface area contributed by atoms with Crippen molar-refractivity contribution in [1.29, 1.82) is 0 Å². The molecule has 0 radical (unpaired) electrons. The summed E-state index contributed by atoms with van der Waals surface area (Å²) in [6, 6.07) is 26.1. The first-order valence-electron chi connectivity index (χ1n) is 9.58. The predicted octanol–water partition coefficient (Wildman–Crippen LogP) is 6.49. The number of carbonyl (C=O) groups is 1. The standard InChI is InChI=1S/C25H18Cl2N2O2/c26-22-12-11-21(23(27)14-22)16-31-24-8-4-3-7-20(24)15-28-29-25(30)19-10-9-17-5-1-2-6-18(17)13-19/h1-15H,16H2,(H,29,30)/b28-15-. The molecule has 0 saturated carbocycles. The van der Waals surface area contributed by atoms with E-state index in [0.29, 0.717) is 21.4 Å². The van der Waals surface area contributed by atoms with Crippen LogP contribution in [-0.4, -0.2) is 12.1 Å². The molecule has 0 heterocycles. The molecule has 4 rings (SSSR count). The number of nitrogens with one attached hydrogen (secondary N) is 1. The molecule has 4 aromatic carbocycles. The molecule has 0 aliphatic rings. The van der Waals surface area contributed by atoms with Gasteiger partial charge in [0, 0.05) is 26.7 Å². The number of rotatable bonds is 6. The van der Waals surface area contributed by atoms with E-state index in [1.54, 1.807) is 24.4 Å². The van der Waals surface area contributed by atoms with E-state index in [4.69, 9.17) is 27.9 Å². The van der Waals surface area contributed by atoms with Gasteiger partial charge in [-0.1, -0.05) is 71.7 Å². The van der Waals surface area contributed by atoms with Crippen LogP contribution in [0.2, 0.25) is 10.0 Å². The summed E-state index contributed by atoms with van der Waals surface area (Å²) >= 11 is 12.1. The fraction of sp³-hybridized carbons (Fsp3) is 0.0400. The summed E-state index contributed by atoms with van der Waals surface area (Å²) in [7, 11) is 0. The van der Waals surface area contributed by atoms with Crippen LogP contribution in [0.4, 0.5) is 0 Å². The average molecular weight is 449 g/mol. The highest BCUT2D eigenvalue weighted by Crippen LogP contribution is 2.24. The van der Waals surface area contributed by atoms with E-state index in [2.05, 4.69) is 10.5 Å². The average Bonchev–Trinajstić information content (AvgIpc) is 2.79. The number of amides is 1. The van der Waals surface area contributed by atoms with Gasteiger partial charge >= 0.3 is 0 Å². The predicted molar refractivity (Wildman–Crippen MR) is 126 cm³/mol. The van der Waals surface area contributed by atoms with E-state index < -0.39 is 0 Å². The van der Waals surface area contributed by atoms with Gasteiger partial charge in [-0.15, -0.1) is 0 Å². The monoisotopic (exact) mass is 448 g/mol. The van der Waals surface area contributed by atoms with Crippen molar-refractivity contribution in [2.45, 2.75) is 6.61 Å². The minimum atomic E-state index is -0.284. The van der Waals surface area contributed by atoms with Gasteiger partial charge in [0.2, 0.25) is 0 Å². The van der Waals surface area contributed by atoms with Gasteiger partial charge in [-0.2, -0.15) is 5.10 Å². The molecule has 4 aromatic rings. The lowest BCUT2D eigenvalue weighted by Crippen LogP contribution is -2.17. The summed E-state index contributed by atoms with van der Waals surface area (Å²) < 4.78 is 5.90. The molecule has 0 spiro atoms. The summed E-state index contributed by atoms with van der Waals surface area (Å²) in [5.74, 6) is 0.338.